The van der Waals surface area contributed by atoms with Gasteiger partial charge in [0, 0.05) is 29.5 Å². The van der Waals surface area contributed by atoms with Crippen LogP contribution in [0.15, 0.2) is 47.5 Å². The largest absolute Gasteiger partial charge is 0.434 e. The second kappa shape index (κ2) is 18.0. The minimum absolute atomic E-state index is 0.0642. The fourth-order valence-corrected chi connectivity index (χ4v) is 4.10. The van der Waals surface area contributed by atoms with Crippen molar-refractivity contribution in [2.75, 3.05) is 17.7 Å². The SMILES string of the molecule is C=C(Cl)C(C)Nc1nc(C(F)(F)F)c(CN(CCC)Cc2cccc(F)c2)s1.CC.Cl/C=C/CCl. The molecule has 0 saturated heterocycles. The lowest BCUT2D eigenvalue weighted by Crippen LogP contribution is -2.24. The van der Waals surface area contributed by atoms with Gasteiger partial charge in [0.2, 0.25) is 0 Å². The van der Waals surface area contributed by atoms with Crippen LogP contribution in [0.2, 0.25) is 0 Å². The Bertz CT molecular complexity index is 904. The van der Waals surface area contributed by atoms with E-state index in [9.17, 15) is 17.6 Å². The zero-order chi connectivity index (χ0) is 27.0. The molecule has 0 aliphatic heterocycles. The lowest BCUT2D eigenvalue weighted by atomic mass is 10.2. The van der Waals surface area contributed by atoms with E-state index in [4.69, 9.17) is 34.8 Å². The highest BCUT2D eigenvalue weighted by Gasteiger charge is 2.38. The lowest BCUT2D eigenvalue weighted by Gasteiger charge is -2.22. The summed E-state index contributed by atoms with van der Waals surface area (Å²) in [5.74, 6) is 0.133. The molecule has 0 bridgehead atoms. The summed E-state index contributed by atoms with van der Waals surface area (Å²) in [7, 11) is 0. The predicted molar refractivity (Wildman–Crippen MR) is 143 cm³/mol. The van der Waals surface area contributed by atoms with Crippen LogP contribution in [0.1, 0.15) is 50.3 Å². The topological polar surface area (TPSA) is 28.2 Å². The minimum atomic E-state index is -4.57. The molecule has 0 saturated carbocycles. The monoisotopic (exact) mass is 575 g/mol. The van der Waals surface area contributed by atoms with Gasteiger partial charge in [-0.2, -0.15) is 13.2 Å². The van der Waals surface area contributed by atoms with Crippen LogP contribution in [-0.4, -0.2) is 28.4 Å². The van der Waals surface area contributed by atoms with Gasteiger partial charge in [0.25, 0.3) is 0 Å². The van der Waals surface area contributed by atoms with Crippen LogP contribution in [0.4, 0.5) is 22.7 Å². The highest BCUT2D eigenvalue weighted by Crippen LogP contribution is 2.37. The van der Waals surface area contributed by atoms with Gasteiger partial charge in [0.1, 0.15) is 5.82 Å². The van der Waals surface area contributed by atoms with Gasteiger partial charge in [-0.15, -0.1) is 22.9 Å². The number of hydrogen-bond acceptors (Lipinski definition) is 4. The zero-order valence-electron chi connectivity index (χ0n) is 20.2. The number of rotatable bonds is 10. The third-order valence-electron chi connectivity index (χ3n) is 4.16. The summed E-state index contributed by atoms with van der Waals surface area (Å²) in [6.07, 6.45) is -2.16. The number of aromatic nitrogens is 1. The molecule has 0 aliphatic rings. The van der Waals surface area contributed by atoms with Crippen LogP contribution in [0.5, 0.6) is 0 Å². The minimum Gasteiger partial charge on any atom is -0.354 e. The van der Waals surface area contributed by atoms with Crippen molar-refractivity contribution in [1.29, 1.82) is 0 Å². The highest BCUT2D eigenvalue weighted by atomic mass is 35.5. The van der Waals surface area contributed by atoms with Gasteiger partial charge < -0.3 is 5.32 Å². The average molecular weight is 577 g/mol. The fraction of sp³-hybridized carbons (Fsp3) is 0.458. The summed E-state index contributed by atoms with van der Waals surface area (Å²) in [6, 6.07) is 5.65. The summed E-state index contributed by atoms with van der Waals surface area (Å²) in [4.78, 5) is 5.69. The van der Waals surface area contributed by atoms with Crippen molar-refractivity contribution in [3.8, 4) is 0 Å². The smallest absolute Gasteiger partial charge is 0.354 e. The summed E-state index contributed by atoms with van der Waals surface area (Å²) >= 11 is 16.9. The molecule has 1 aromatic heterocycles. The number of halogens is 7. The Morgan fingerprint density at radius 2 is 1.94 bits per heavy atom. The second-order valence-electron chi connectivity index (χ2n) is 6.96. The Morgan fingerprint density at radius 3 is 2.40 bits per heavy atom. The highest BCUT2D eigenvalue weighted by molar-refractivity contribution is 7.15. The van der Waals surface area contributed by atoms with Crippen LogP contribution in [0, 0.1) is 5.82 Å². The molecule has 0 fully saturated rings. The number of anilines is 1. The number of thiazole rings is 1. The third kappa shape index (κ3) is 13.5. The van der Waals surface area contributed by atoms with Crippen molar-refractivity contribution >= 4 is 51.3 Å². The van der Waals surface area contributed by atoms with E-state index in [0.29, 0.717) is 24.5 Å². The van der Waals surface area contributed by atoms with E-state index in [1.54, 1.807) is 25.1 Å². The normalized spacial score (nSPS) is 12.0. The summed E-state index contributed by atoms with van der Waals surface area (Å²) in [5, 5.41) is 3.26. The Morgan fingerprint density at radius 1 is 1.29 bits per heavy atom. The first-order valence-corrected chi connectivity index (χ1v) is 13.1. The molecule has 2 aromatic rings. The maximum atomic E-state index is 13.5. The first-order valence-electron chi connectivity index (χ1n) is 11.0. The van der Waals surface area contributed by atoms with Crippen molar-refractivity contribution in [3.05, 3.63) is 69.4 Å². The van der Waals surface area contributed by atoms with Gasteiger partial charge in [-0.3, -0.25) is 4.90 Å². The van der Waals surface area contributed by atoms with Crippen molar-refractivity contribution in [3.63, 3.8) is 0 Å². The van der Waals surface area contributed by atoms with Crippen molar-refractivity contribution in [1.82, 2.24) is 9.88 Å². The van der Waals surface area contributed by atoms with E-state index < -0.39 is 17.9 Å². The van der Waals surface area contributed by atoms with Crippen LogP contribution < -0.4 is 5.32 Å². The number of allylic oxidation sites excluding steroid dienone is 1. The molecule has 0 amide bonds. The molecule has 0 spiro atoms. The van der Waals surface area contributed by atoms with Crippen LogP contribution in [0.25, 0.3) is 0 Å². The molecule has 1 atom stereocenters. The summed E-state index contributed by atoms with van der Waals surface area (Å²) < 4.78 is 53.9. The van der Waals surface area contributed by atoms with Crippen LogP contribution in [0.3, 0.4) is 0 Å². The predicted octanol–water partition coefficient (Wildman–Crippen LogP) is 9.27. The Balaban J connectivity index is 0.00000146. The molecule has 198 valence electrons. The first kappa shape index (κ1) is 33.7. The Hall–Kier alpha value is -1.32. The number of nitrogens with zero attached hydrogens (tertiary/aromatic N) is 2. The van der Waals surface area contributed by atoms with E-state index in [1.807, 2.05) is 25.7 Å². The fourth-order valence-electron chi connectivity index (χ4n) is 2.67. The molecule has 2 rings (SSSR count). The summed E-state index contributed by atoms with van der Waals surface area (Å²) in [5.41, 5.74) is 1.19. The number of hydrogen-bond donors (Lipinski definition) is 1. The van der Waals surface area contributed by atoms with Gasteiger partial charge in [0.05, 0.1) is 10.9 Å². The van der Waals surface area contributed by atoms with E-state index in [2.05, 4.69) is 16.9 Å². The van der Waals surface area contributed by atoms with E-state index in [0.717, 1.165) is 17.8 Å². The van der Waals surface area contributed by atoms with Gasteiger partial charge in [-0.05, 0) is 37.6 Å². The molecule has 11 heteroatoms. The van der Waals surface area contributed by atoms with Crippen LogP contribution >= 0.6 is 46.1 Å². The maximum Gasteiger partial charge on any atom is 0.434 e. The van der Waals surface area contributed by atoms with Crippen molar-refractivity contribution in [2.24, 2.45) is 0 Å². The van der Waals surface area contributed by atoms with Crippen molar-refractivity contribution in [2.45, 2.75) is 59.4 Å². The first-order chi connectivity index (χ1) is 16.5. The zero-order valence-corrected chi connectivity index (χ0v) is 23.3. The molecule has 1 heterocycles. The van der Waals surface area contributed by atoms with Gasteiger partial charge in [-0.1, -0.05) is 68.8 Å². The Kier molecular flexibility index (Phi) is 17.3. The molecular formula is C24H32Cl3F4N3S. The second-order valence-corrected chi connectivity index (χ2v) is 9.09. The molecule has 1 unspecified atom stereocenters. The standard InChI is InChI=1S/C19H22ClF4N3S.C3H4Cl2.C2H6/c1-4-8-27(10-14-6-5-7-15(21)9-14)11-16-17(19(22,23)24)26-18(28-16)25-13(3)12(2)20;4-2-1-3-5;1-2/h5-7,9,13H,2,4,8,10-11H2,1,3H3,(H,25,26);1-2H,3H2;1-2H3/b;2-1+;. The van der Waals surface area contributed by atoms with Gasteiger partial charge >= 0.3 is 6.18 Å². The molecule has 0 radical (unpaired) electrons. The molecule has 1 aromatic carbocycles. The van der Waals surface area contributed by atoms with E-state index in [1.165, 1.54) is 17.7 Å². The van der Waals surface area contributed by atoms with E-state index >= 15 is 0 Å². The van der Waals surface area contributed by atoms with Crippen molar-refractivity contribution < 1.29 is 17.6 Å². The third-order valence-corrected chi connectivity index (χ3v) is 5.81. The summed E-state index contributed by atoms with van der Waals surface area (Å²) in [6.45, 7) is 12.2. The number of benzene rings is 1. The van der Waals surface area contributed by atoms with Gasteiger partial charge in [0.15, 0.2) is 10.8 Å². The molecule has 35 heavy (non-hydrogen) atoms. The van der Waals surface area contributed by atoms with E-state index in [-0.39, 0.29) is 27.4 Å². The average Bonchev–Trinajstić information content (AvgIpc) is 3.19. The Labute approximate surface area is 224 Å². The molecule has 0 aliphatic carbocycles. The molecule has 1 N–H and O–H groups in total. The van der Waals surface area contributed by atoms with Crippen LogP contribution in [-0.2, 0) is 19.3 Å². The molecule has 3 nitrogen and oxygen atoms in total. The lowest BCUT2D eigenvalue weighted by molar-refractivity contribution is -0.141. The number of nitrogens with one attached hydrogen (secondary N) is 1. The number of alkyl halides is 4. The molecular weight excluding hydrogens is 545 g/mol. The van der Waals surface area contributed by atoms with Gasteiger partial charge in [-0.25, -0.2) is 9.37 Å². The quantitative estimate of drug-likeness (QED) is 0.226. The maximum absolute atomic E-state index is 13.5.